The van der Waals surface area contributed by atoms with Crippen LogP contribution in [-0.2, 0) is 14.9 Å². The number of benzene rings is 1. The summed E-state index contributed by atoms with van der Waals surface area (Å²) in [4.78, 5) is 18.6. The maximum absolute atomic E-state index is 11.7. The van der Waals surface area contributed by atoms with Crippen molar-refractivity contribution in [2.24, 2.45) is 10.9 Å². The van der Waals surface area contributed by atoms with E-state index in [9.17, 15) is 4.79 Å². The van der Waals surface area contributed by atoms with Gasteiger partial charge in [0.05, 0.1) is 6.61 Å². The second-order valence-corrected chi connectivity index (χ2v) is 8.56. The second kappa shape index (κ2) is 11.4. The smallest absolute Gasteiger partial charge is 0.220 e. The van der Waals surface area contributed by atoms with E-state index in [0.29, 0.717) is 18.9 Å². The number of guanidine groups is 1. The lowest BCUT2D eigenvalue weighted by atomic mass is 9.74. The standard InChI is InChI=1S/C24H38N4O3/c1-4-31-21-7-5-20(6-8-21)24(11-15-30-16-12-24)18-27-23(26-3)28-13-9-19(10-14-28)17-22(29)25-2/h5-8,19H,4,9-18H2,1-3H3,(H,25,29)(H,26,27). The van der Waals surface area contributed by atoms with Crippen LogP contribution in [0.2, 0.25) is 0 Å². The topological polar surface area (TPSA) is 75.2 Å². The van der Waals surface area contributed by atoms with E-state index < -0.39 is 0 Å². The Bertz CT molecular complexity index is 721. The molecule has 0 aromatic heterocycles. The molecule has 1 aromatic rings. The molecule has 7 heteroatoms. The van der Waals surface area contributed by atoms with Crippen LogP contribution < -0.4 is 15.4 Å². The van der Waals surface area contributed by atoms with Gasteiger partial charge in [-0.05, 0) is 56.2 Å². The largest absolute Gasteiger partial charge is 0.494 e. The first-order chi connectivity index (χ1) is 15.1. The van der Waals surface area contributed by atoms with Crippen molar-refractivity contribution < 1.29 is 14.3 Å². The highest BCUT2D eigenvalue weighted by Gasteiger charge is 2.35. The predicted molar refractivity (Wildman–Crippen MR) is 124 cm³/mol. The first-order valence-corrected chi connectivity index (χ1v) is 11.6. The predicted octanol–water partition coefficient (Wildman–Crippen LogP) is 2.56. The van der Waals surface area contributed by atoms with Gasteiger partial charge < -0.3 is 25.0 Å². The molecule has 0 unspecified atom stereocenters. The Hall–Kier alpha value is -2.28. The molecule has 2 aliphatic heterocycles. The third-order valence-electron chi connectivity index (χ3n) is 6.69. The summed E-state index contributed by atoms with van der Waals surface area (Å²) in [6.07, 6.45) is 4.63. The van der Waals surface area contributed by atoms with E-state index in [1.165, 1.54) is 5.56 Å². The number of ether oxygens (including phenoxy) is 2. The van der Waals surface area contributed by atoms with Crippen molar-refractivity contribution in [2.75, 3.05) is 53.6 Å². The van der Waals surface area contributed by atoms with Gasteiger partial charge in [0.2, 0.25) is 5.91 Å². The molecule has 2 aliphatic rings. The summed E-state index contributed by atoms with van der Waals surface area (Å²) in [7, 11) is 3.56. The highest BCUT2D eigenvalue weighted by atomic mass is 16.5. The van der Waals surface area contributed by atoms with E-state index in [0.717, 1.165) is 70.2 Å². The van der Waals surface area contributed by atoms with Gasteiger partial charge in [-0.3, -0.25) is 9.79 Å². The zero-order valence-corrected chi connectivity index (χ0v) is 19.3. The van der Waals surface area contributed by atoms with Crippen LogP contribution in [0.5, 0.6) is 5.75 Å². The van der Waals surface area contributed by atoms with E-state index in [-0.39, 0.29) is 11.3 Å². The zero-order chi connectivity index (χ0) is 22.1. The number of hydrogen-bond donors (Lipinski definition) is 2. The normalized spacial score (nSPS) is 19.7. The molecule has 1 amide bonds. The number of rotatable bonds is 7. The summed E-state index contributed by atoms with van der Waals surface area (Å²) < 4.78 is 11.3. The molecule has 0 bridgehead atoms. The molecule has 2 fully saturated rings. The van der Waals surface area contributed by atoms with E-state index in [1.54, 1.807) is 7.05 Å². The van der Waals surface area contributed by atoms with Crippen LogP contribution in [-0.4, -0.2) is 70.3 Å². The summed E-state index contributed by atoms with van der Waals surface area (Å²) in [6, 6.07) is 8.54. The Morgan fingerprint density at radius 2 is 1.90 bits per heavy atom. The number of nitrogens with one attached hydrogen (secondary N) is 2. The fourth-order valence-electron chi connectivity index (χ4n) is 4.69. The molecular weight excluding hydrogens is 392 g/mol. The average molecular weight is 431 g/mol. The molecule has 31 heavy (non-hydrogen) atoms. The minimum atomic E-state index is 0.0243. The molecule has 0 aliphatic carbocycles. The lowest BCUT2D eigenvalue weighted by Crippen LogP contribution is -2.51. The van der Waals surface area contributed by atoms with Crippen molar-refractivity contribution >= 4 is 11.9 Å². The molecule has 3 rings (SSSR count). The number of aliphatic imine (C=N–C) groups is 1. The zero-order valence-electron chi connectivity index (χ0n) is 19.3. The van der Waals surface area contributed by atoms with Crippen LogP contribution in [0.4, 0.5) is 0 Å². The van der Waals surface area contributed by atoms with Crippen molar-refractivity contribution in [3.8, 4) is 5.75 Å². The molecule has 1 aromatic carbocycles. The Morgan fingerprint density at radius 1 is 1.23 bits per heavy atom. The monoisotopic (exact) mass is 430 g/mol. The Kier molecular flexibility index (Phi) is 8.58. The van der Waals surface area contributed by atoms with Crippen LogP contribution in [0, 0.1) is 5.92 Å². The van der Waals surface area contributed by atoms with Crippen molar-refractivity contribution in [2.45, 2.75) is 44.4 Å². The number of carbonyl (C=O) groups is 1. The number of hydrogen-bond acceptors (Lipinski definition) is 4. The maximum atomic E-state index is 11.7. The number of piperidine rings is 1. The van der Waals surface area contributed by atoms with E-state index in [4.69, 9.17) is 9.47 Å². The third-order valence-corrected chi connectivity index (χ3v) is 6.69. The van der Waals surface area contributed by atoms with Crippen LogP contribution in [0.15, 0.2) is 29.3 Å². The van der Waals surface area contributed by atoms with Gasteiger partial charge in [-0.25, -0.2) is 0 Å². The summed E-state index contributed by atoms with van der Waals surface area (Å²) in [6.45, 7) is 6.92. The number of nitrogens with zero attached hydrogens (tertiary/aromatic N) is 2. The van der Waals surface area contributed by atoms with Gasteiger partial charge in [0, 0.05) is 58.8 Å². The molecular formula is C24H38N4O3. The van der Waals surface area contributed by atoms with E-state index in [2.05, 4.69) is 44.8 Å². The molecule has 2 saturated heterocycles. The van der Waals surface area contributed by atoms with E-state index >= 15 is 0 Å². The molecule has 7 nitrogen and oxygen atoms in total. The van der Waals surface area contributed by atoms with Gasteiger partial charge in [0.1, 0.15) is 5.75 Å². The van der Waals surface area contributed by atoms with Gasteiger partial charge in [0.15, 0.2) is 5.96 Å². The van der Waals surface area contributed by atoms with Gasteiger partial charge in [0.25, 0.3) is 0 Å². The lowest BCUT2D eigenvalue weighted by Gasteiger charge is -2.40. The maximum Gasteiger partial charge on any atom is 0.220 e. The second-order valence-electron chi connectivity index (χ2n) is 8.56. The number of likely N-dealkylation sites (tertiary alicyclic amines) is 1. The highest BCUT2D eigenvalue weighted by Crippen LogP contribution is 2.35. The fourth-order valence-corrected chi connectivity index (χ4v) is 4.69. The van der Waals surface area contributed by atoms with Gasteiger partial charge in [-0.1, -0.05) is 12.1 Å². The molecule has 0 radical (unpaired) electrons. The molecule has 0 atom stereocenters. The molecule has 0 saturated carbocycles. The van der Waals surface area contributed by atoms with Crippen molar-refractivity contribution in [3.63, 3.8) is 0 Å². The Balaban J connectivity index is 1.62. The third kappa shape index (κ3) is 6.12. The minimum absolute atomic E-state index is 0.0243. The van der Waals surface area contributed by atoms with Crippen LogP contribution >= 0.6 is 0 Å². The number of amides is 1. The summed E-state index contributed by atoms with van der Waals surface area (Å²) in [5.41, 5.74) is 1.35. The fraction of sp³-hybridized carbons (Fsp3) is 0.667. The van der Waals surface area contributed by atoms with Gasteiger partial charge in [-0.15, -0.1) is 0 Å². The molecule has 0 spiro atoms. The molecule has 2 N–H and O–H groups in total. The lowest BCUT2D eigenvalue weighted by molar-refractivity contribution is -0.121. The van der Waals surface area contributed by atoms with Crippen LogP contribution in [0.25, 0.3) is 0 Å². The van der Waals surface area contributed by atoms with Crippen LogP contribution in [0.1, 0.15) is 44.6 Å². The summed E-state index contributed by atoms with van der Waals surface area (Å²) in [5, 5.41) is 6.40. The van der Waals surface area contributed by atoms with E-state index in [1.807, 2.05) is 14.0 Å². The first kappa shape index (κ1) is 23.4. The molecule has 2 heterocycles. The SMILES string of the molecule is CCOc1ccc(C2(CNC(=NC)N3CCC(CC(=O)NC)CC3)CCOCC2)cc1. The minimum Gasteiger partial charge on any atom is -0.494 e. The number of carbonyl (C=O) groups excluding carboxylic acids is 1. The molecule has 172 valence electrons. The van der Waals surface area contributed by atoms with Crippen LogP contribution in [0.3, 0.4) is 0 Å². The van der Waals surface area contributed by atoms with Gasteiger partial charge >= 0.3 is 0 Å². The van der Waals surface area contributed by atoms with Crippen molar-refractivity contribution in [3.05, 3.63) is 29.8 Å². The Morgan fingerprint density at radius 3 is 2.48 bits per heavy atom. The van der Waals surface area contributed by atoms with Crippen molar-refractivity contribution in [1.29, 1.82) is 0 Å². The Labute approximate surface area is 186 Å². The average Bonchev–Trinajstić information content (AvgIpc) is 2.81. The first-order valence-electron chi connectivity index (χ1n) is 11.6. The van der Waals surface area contributed by atoms with Crippen molar-refractivity contribution in [1.82, 2.24) is 15.5 Å². The highest BCUT2D eigenvalue weighted by molar-refractivity contribution is 5.80. The van der Waals surface area contributed by atoms with Gasteiger partial charge in [-0.2, -0.15) is 0 Å². The quantitative estimate of drug-likeness (QED) is 0.514. The summed E-state index contributed by atoms with van der Waals surface area (Å²) >= 11 is 0. The summed E-state index contributed by atoms with van der Waals surface area (Å²) in [5.74, 6) is 2.46.